The Kier molecular flexibility index (Phi) is 57.7. The smallest absolute Gasteiger partial charge is 0.462 e. The number of aliphatic hydroxyl groups is 1. The van der Waals surface area contributed by atoms with Crippen molar-refractivity contribution in [2.45, 2.75) is 348 Å². The van der Waals surface area contributed by atoms with Crippen molar-refractivity contribution in [1.82, 2.24) is 0 Å². The summed E-state index contributed by atoms with van der Waals surface area (Å²) in [5, 5.41) is 10.5. The van der Waals surface area contributed by atoms with Gasteiger partial charge in [0.25, 0.3) is 0 Å². The quantitative estimate of drug-likeness (QED) is 0.0222. The molecule has 0 bridgehead atoms. The van der Waals surface area contributed by atoms with Crippen molar-refractivity contribution in [2.24, 2.45) is 0 Å². The van der Waals surface area contributed by atoms with E-state index in [0.29, 0.717) is 25.7 Å². The van der Waals surface area contributed by atoms with Crippen molar-refractivity contribution in [3.8, 4) is 0 Å². The summed E-state index contributed by atoms with van der Waals surface area (Å²) in [5.74, 6) is -2.14. The molecular formula is C64H124O17P2. The van der Waals surface area contributed by atoms with Crippen molar-refractivity contribution >= 4 is 39.5 Å². The van der Waals surface area contributed by atoms with E-state index >= 15 is 0 Å². The standard InChI is InChI=1S/C64H124O17P2/c1-5-9-13-17-20-23-26-28-30-32-35-37-41-45-49-62(67)75-55-60(81-64(69)51-47-43-39-36-33-31-29-27-24-21-18-14-10-6-2)57-79-83(72,73)77-53-58(65)52-76-82(70,71)78-56-59(54-74-61(66)48-44-40-16-12-8-4)80-63(68)50-46-42-38-34-25-22-19-15-11-7-3/h58-60,65H,5-57H2,1-4H3,(H,70,71)(H,72,73)/t58-,59+,60+/m0/s1. The van der Waals surface area contributed by atoms with Crippen molar-refractivity contribution < 1.29 is 80.2 Å². The summed E-state index contributed by atoms with van der Waals surface area (Å²) < 4.78 is 67.8. The van der Waals surface area contributed by atoms with Gasteiger partial charge < -0.3 is 33.8 Å². The number of aliphatic hydroxyl groups excluding tert-OH is 1. The molecule has 0 aliphatic rings. The molecule has 0 rings (SSSR count). The zero-order valence-corrected chi connectivity index (χ0v) is 54.9. The number of rotatable bonds is 65. The Labute approximate surface area is 505 Å². The Morgan fingerprint density at radius 2 is 0.482 bits per heavy atom. The van der Waals surface area contributed by atoms with Gasteiger partial charge in [-0.25, -0.2) is 9.13 Å². The number of esters is 4. The lowest BCUT2D eigenvalue weighted by Gasteiger charge is -2.21. The Morgan fingerprint density at radius 3 is 0.711 bits per heavy atom. The van der Waals surface area contributed by atoms with Crippen LogP contribution in [0, 0.1) is 0 Å². The lowest BCUT2D eigenvalue weighted by atomic mass is 10.0. The molecule has 0 radical (unpaired) electrons. The highest BCUT2D eigenvalue weighted by Crippen LogP contribution is 2.45. The van der Waals surface area contributed by atoms with Crippen LogP contribution in [0.2, 0.25) is 0 Å². The van der Waals surface area contributed by atoms with E-state index in [1.54, 1.807) is 0 Å². The minimum absolute atomic E-state index is 0.106. The fraction of sp³-hybridized carbons (Fsp3) is 0.938. The third kappa shape index (κ3) is 58.8. The Hall–Kier alpha value is -1.94. The van der Waals surface area contributed by atoms with Crippen molar-refractivity contribution in [1.29, 1.82) is 0 Å². The van der Waals surface area contributed by atoms with Gasteiger partial charge in [0.1, 0.15) is 19.3 Å². The lowest BCUT2D eigenvalue weighted by molar-refractivity contribution is -0.161. The Bertz CT molecular complexity index is 1600. The highest BCUT2D eigenvalue weighted by molar-refractivity contribution is 7.47. The number of phosphoric acid groups is 2. The molecule has 0 heterocycles. The molecule has 0 spiro atoms. The third-order valence-corrected chi connectivity index (χ3v) is 16.8. The molecule has 2 unspecified atom stereocenters. The average Bonchev–Trinajstić information content (AvgIpc) is 3.46. The topological polar surface area (TPSA) is 237 Å². The molecule has 0 saturated carbocycles. The summed E-state index contributed by atoms with van der Waals surface area (Å²) in [4.78, 5) is 72.0. The minimum atomic E-state index is -4.94. The fourth-order valence-corrected chi connectivity index (χ4v) is 11.2. The molecule has 0 aromatic heterocycles. The van der Waals surface area contributed by atoms with Crippen molar-refractivity contribution in [3.63, 3.8) is 0 Å². The summed E-state index contributed by atoms with van der Waals surface area (Å²) in [7, 11) is -9.87. The first-order valence-electron chi connectivity index (χ1n) is 33.8. The number of carbonyl (C=O) groups excluding carboxylic acids is 4. The third-order valence-electron chi connectivity index (χ3n) is 14.9. The van der Waals surface area contributed by atoms with Crippen LogP contribution in [0.15, 0.2) is 0 Å². The first-order chi connectivity index (χ1) is 40.2. The SMILES string of the molecule is CCCCCCCCCCCCCCCCC(=O)OC[C@H](COP(=O)(O)OC[C@@H](O)COP(=O)(O)OC[C@@H](COC(=O)CCCCCCC)OC(=O)CCCCCCCCCCCC)OC(=O)CCCCCCCCCCCCCCCC. The van der Waals surface area contributed by atoms with Gasteiger partial charge in [0.05, 0.1) is 26.4 Å². The molecule has 83 heavy (non-hydrogen) atoms. The van der Waals surface area contributed by atoms with E-state index in [2.05, 4.69) is 27.7 Å². The van der Waals surface area contributed by atoms with E-state index in [1.165, 1.54) is 154 Å². The molecule has 0 fully saturated rings. The highest BCUT2D eigenvalue weighted by Gasteiger charge is 2.30. The fourth-order valence-electron chi connectivity index (χ4n) is 9.63. The van der Waals surface area contributed by atoms with E-state index in [4.69, 9.17) is 37.0 Å². The van der Waals surface area contributed by atoms with Gasteiger partial charge in [-0.1, -0.05) is 278 Å². The summed E-state index contributed by atoms with van der Waals surface area (Å²) in [5.41, 5.74) is 0. The largest absolute Gasteiger partial charge is 0.472 e. The second-order valence-corrected chi connectivity index (χ2v) is 26.1. The van der Waals surface area contributed by atoms with Crippen LogP contribution in [0.5, 0.6) is 0 Å². The Balaban J connectivity index is 5.17. The summed E-state index contributed by atoms with van der Waals surface area (Å²) in [6.45, 7) is 4.81. The first-order valence-corrected chi connectivity index (χ1v) is 36.8. The predicted molar refractivity (Wildman–Crippen MR) is 331 cm³/mol. The van der Waals surface area contributed by atoms with Gasteiger partial charge in [-0.3, -0.25) is 37.3 Å². The molecule has 5 atom stereocenters. The van der Waals surface area contributed by atoms with Crippen molar-refractivity contribution in [2.75, 3.05) is 39.6 Å². The van der Waals surface area contributed by atoms with E-state index < -0.39 is 97.5 Å². The number of phosphoric ester groups is 2. The molecular weight excluding hydrogens is 1100 g/mol. The van der Waals surface area contributed by atoms with Crippen LogP contribution in [-0.2, 0) is 65.4 Å². The van der Waals surface area contributed by atoms with Gasteiger partial charge in [0, 0.05) is 25.7 Å². The molecule has 492 valence electrons. The number of unbranched alkanes of at least 4 members (excludes halogenated alkanes) is 39. The minimum Gasteiger partial charge on any atom is -0.462 e. The van der Waals surface area contributed by atoms with Gasteiger partial charge in [-0.05, 0) is 25.7 Å². The summed E-state index contributed by atoms with van der Waals surface area (Å²) >= 11 is 0. The highest BCUT2D eigenvalue weighted by atomic mass is 31.2. The van der Waals surface area contributed by atoms with E-state index in [-0.39, 0.29) is 25.7 Å². The molecule has 0 aromatic rings. The van der Waals surface area contributed by atoms with Gasteiger partial charge >= 0.3 is 39.5 Å². The van der Waals surface area contributed by atoms with Crippen LogP contribution >= 0.6 is 15.6 Å². The second-order valence-electron chi connectivity index (χ2n) is 23.2. The van der Waals surface area contributed by atoms with Crippen molar-refractivity contribution in [3.05, 3.63) is 0 Å². The maximum Gasteiger partial charge on any atom is 0.472 e. The lowest BCUT2D eigenvalue weighted by Crippen LogP contribution is -2.30. The van der Waals surface area contributed by atoms with Gasteiger partial charge in [0.15, 0.2) is 12.2 Å². The van der Waals surface area contributed by atoms with Crippen LogP contribution in [-0.4, -0.2) is 96.7 Å². The zero-order valence-electron chi connectivity index (χ0n) is 53.2. The first kappa shape index (κ1) is 81.1. The monoisotopic (exact) mass is 1230 g/mol. The normalized spacial score (nSPS) is 14.2. The van der Waals surface area contributed by atoms with Crippen LogP contribution in [0.25, 0.3) is 0 Å². The number of carbonyl (C=O) groups is 4. The van der Waals surface area contributed by atoms with Crippen LogP contribution < -0.4 is 0 Å². The molecule has 0 saturated heterocycles. The van der Waals surface area contributed by atoms with Gasteiger partial charge in [-0.2, -0.15) is 0 Å². The average molecular weight is 1230 g/mol. The molecule has 0 aliphatic carbocycles. The van der Waals surface area contributed by atoms with Crippen LogP contribution in [0.4, 0.5) is 0 Å². The molecule has 0 aliphatic heterocycles. The maximum atomic E-state index is 13.0. The summed E-state index contributed by atoms with van der Waals surface area (Å²) in [6.07, 6.45) is 44.7. The number of ether oxygens (including phenoxy) is 4. The predicted octanol–water partition coefficient (Wildman–Crippen LogP) is 17.9. The summed E-state index contributed by atoms with van der Waals surface area (Å²) in [6, 6.07) is 0. The molecule has 3 N–H and O–H groups in total. The van der Waals surface area contributed by atoms with Gasteiger partial charge in [-0.15, -0.1) is 0 Å². The Morgan fingerprint density at radius 1 is 0.289 bits per heavy atom. The number of hydrogen-bond donors (Lipinski definition) is 3. The molecule has 17 nitrogen and oxygen atoms in total. The van der Waals surface area contributed by atoms with E-state index in [1.807, 2.05) is 0 Å². The van der Waals surface area contributed by atoms with Crippen LogP contribution in [0.3, 0.4) is 0 Å². The van der Waals surface area contributed by atoms with E-state index in [0.717, 1.165) is 96.3 Å². The maximum absolute atomic E-state index is 13.0. The van der Waals surface area contributed by atoms with Gasteiger partial charge in [0.2, 0.25) is 0 Å². The molecule has 19 heteroatoms. The number of hydrogen-bond acceptors (Lipinski definition) is 15. The second kappa shape index (κ2) is 59.0. The van der Waals surface area contributed by atoms with E-state index in [9.17, 15) is 43.2 Å². The molecule has 0 aromatic carbocycles. The molecule has 0 amide bonds. The zero-order chi connectivity index (χ0) is 61.2. The van der Waals surface area contributed by atoms with Crippen LogP contribution in [0.1, 0.15) is 329 Å².